The van der Waals surface area contributed by atoms with Gasteiger partial charge in [0.2, 0.25) is 0 Å². The molecule has 1 aromatic heterocycles. The second-order valence-corrected chi connectivity index (χ2v) is 6.26. The van der Waals surface area contributed by atoms with E-state index in [1.165, 1.54) is 4.88 Å². The first-order chi connectivity index (χ1) is 10.7. The quantitative estimate of drug-likeness (QED) is 0.735. The van der Waals surface area contributed by atoms with Crippen molar-refractivity contribution in [1.29, 1.82) is 0 Å². The molecular formula is C17H22N2O2S. The summed E-state index contributed by atoms with van der Waals surface area (Å²) in [5.74, 6) is 0.330. The van der Waals surface area contributed by atoms with E-state index in [4.69, 9.17) is 5.11 Å². The molecule has 1 heterocycles. The highest BCUT2D eigenvalue weighted by Crippen LogP contribution is 2.19. The molecule has 0 spiro atoms. The van der Waals surface area contributed by atoms with Gasteiger partial charge in [0.25, 0.3) is 0 Å². The number of carbonyl (C=O) groups is 1. The molecule has 2 rings (SSSR count). The van der Waals surface area contributed by atoms with Crippen LogP contribution in [0, 0.1) is 0 Å². The Labute approximate surface area is 135 Å². The van der Waals surface area contributed by atoms with E-state index in [0.29, 0.717) is 19.0 Å². The Morgan fingerprint density at radius 1 is 1.18 bits per heavy atom. The molecule has 1 atom stereocenters. The molecule has 22 heavy (non-hydrogen) atoms. The molecule has 1 aromatic carbocycles. The van der Waals surface area contributed by atoms with E-state index in [1.807, 2.05) is 35.7 Å². The molecule has 2 amide bonds. The maximum atomic E-state index is 11.8. The van der Waals surface area contributed by atoms with E-state index in [0.717, 1.165) is 17.5 Å². The standard InChI is InChI=1S/C17H22N2O2S/c1-13(16-3-2-10-22-16)11-19-17(21)18-9-8-14-4-6-15(12-20)7-5-14/h2-7,10,13,20H,8-9,11-12H2,1H3,(H2,18,19,21). The average Bonchev–Trinajstić information content (AvgIpc) is 3.08. The van der Waals surface area contributed by atoms with Crippen LogP contribution in [0.25, 0.3) is 0 Å². The van der Waals surface area contributed by atoms with E-state index < -0.39 is 0 Å². The highest BCUT2D eigenvalue weighted by molar-refractivity contribution is 7.10. The van der Waals surface area contributed by atoms with Gasteiger partial charge in [-0.15, -0.1) is 11.3 Å². The lowest BCUT2D eigenvalue weighted by atomic mass is 10.1. The van der Waals surface area contributed by atoms with E-state index in [-0.39, 0.29) is 12.6 Å². The summed E-state index contributed by atoms with van der Waals surface area (Å²) in [6.07, 6.45) is 0.777. The number of carbonyl (C=O) groups excluding carboxylic acids is 1. The first-order valence-corrected chi connectivity index (χ1v) is 8.31. The smallest absolute Gasteiger partial charge is 0.314 e. The normalized spacial score (nSPS) is 11.9. The molecule has 0 saturated heterocycles. The lowest BCUT2D eigenvalue weighted by Crippen LogP contribution is -2.38. The lowest BCUT2D eigenvalue weighted by Gasteiger charge is -2.12. The van der Waals surface area contributed by atoms with Crippen LogP contribution in [0.5, 0.6) is 0 Å². The number of aliphatic hydroxyl groups is 1. The van der Waals surface area contributed by atoms with Crippen molar-refractivity contribution in [2.24, 2.45) is 0 Å². The Balaban J connectivity index is 1.65. The summed E-state index contributed by atoms with van der Waals surface area (Å²) < 4.78 is 0. The number of benzene rings is 1. The lowest BCUT2D eigenvalue weighted by molar-refractivity contribution is 0.240. The van der Waals surface area contributed by atoms with Gasteiger partial charge in [0.15, 0.2) is 0 Å². The van der Waals surface area contributed by atoms with Gasteiger partial charge in [0.05, 0.1) is 6.61 Å². The summed E-state index contributed by atoms with van der Waals surface area (Å²) in [6.45, 7) is 3.40. The van der Waals surface area contributed by atoms with Gasteiger partial charge >= 0.3 is 6.03 Å². The molecule has 3 N–H and O–H groups in total. The van der Waals surface area contributed by atoms with E-state index in [9.17, 15) is 4.79 Å². The SMILES string of the molecule is CC(CNC(=O)NCCc1ccc(CO)cc1)c1cccs1. The summed E-state index contributed by atoms with van der Waals surface area (Å²) in [5.41, 5.74) is 2.04. The van der Waals surface area contributed by atoms with Gasteiger partial charge in [0, 0.05) is 23.9 Å². The number of urea groups is 1. The van der Waals surface area contributed by atoms with Crippen LogP contribution in [0.3, 0.4) is 0 Å². The van der Waals surface area contributed by atoms with Gasteiger partial charge in [0.1, 0.15) is 0 Å². The Bertz CT molecular complexity index is 567. The second kappa shape index (κ2) is 8.56. The number of hydrogen-bond donors (Lipinski definition) is 3. The topological polar surface area (TPSA) is 61.4 Å². The fourth-order valence-corrected chi connectivity index (χ4v) is 2.90. The number of thiophene rings is 1. The Kier molecular flexibility index (Phi) is 6.43. The molecule has 0 saturated carbocycles. The second-order valence-electron chi connectivity index (χ2n) is 5.28. The van der Waals surface area contributed by atoms with Crippen molar-refractivity contribution in [3.8, 4) is 0 Å². The summed E-state index contributed by atoms with van der Waals surface area (Å²) >= 11 is 1.71. The van der Waals surface area contributed by atoms with E-state index in [2.05, 4.69) is 23.6 Å². The third kappa shape index (κ3) is 5.16. The van der Waals surface area contributed by atoms with Crippen molar-refractivity contribution in [3.05, 3.63) is 57.8 Å². The number of amides is 2. The monoisotopic (exact) mass is 318 g/mol. The highest BCUT2D eigenvalue weighted by atomic mass is 32.1. The van der Waals surface area contributed by atoms with Crippen LogP contribution in [0.15, 0.2) is 41.8 Å². The van der Waals surface area contributed by atoms with Crippen molar-refractivity contribution >= 4 is 17.4 Å². The Morgan fingerprint density at radius 2 is 1.91 bits per heavy atom. The Hall–Kier alpha value is -1.85. The third-order valence-electron chi connectivity index (χ3n) is 3.50. The van der Waals surface area contributed by atoms with Crippen molar-refractivity contribution in [1.82, 2.24) is 10.6 Å². The zero-order chi connectivity index (χ0) is 15.8. The third-order valence-corrected chi connectivity index (χ3v) is 4.61. The molecule has 0 aliphatic carbocycles. The molecule has 2 aromatic rings. The molecule has 5 heteroatoms. The average molecular weight is 318 g/mol. The number of hydrogen-bond acceptors (Lipinski definition) is 3. The predicted octanol–water partition coefficient (Wildman–Crippen LogP) is 2.89. The molecule has 0 bridgehead atoms. The van der Waals surface area contributed by atoms with Gasteiger partial charge in [-0.3, -0.25) is 0 Å². The molecule has 0 aliphatic heterocycles. The van der Waals surface area contributed by atoms with Crippen molar-refractivity contribution in [2.75, 3.05) is 13.1 Å². The minimum atomic E-state index is -0.129. The molecule has 0 aliphatic rings. The highest BCUT2D eigenvalue weighted by Gasteiger charge is 2.08. The molecule has 118 valence electrons. The minimum absolute atomic E-state index is 0.0589. The zero-order valence-corrected chi connectivity index (χ0v) is 13.5. The summed E-state index contributed by atoms with van der Waals surface area (Å²) in [6, 6.07) is 11.7. The van der Waals surface area contributed by atoms with Crippen LogP contribution in [0.1, 0.15) is 28.8 Å². The van der Waals surface area contributed by atoms with Gasteiger partial charge in [-0.25, -0.2) is 4.79 Å². The maximum Gasteiger partial charge on any atom is 0.314 e. The fraction of sp³-hybridized carbons (Fsp3) is 0.353. The van der Waals surface area contributed by atoms with Crippen molar-refractivity contribution < 1.29 is 9.90 Å². The summed E-state index contributed by atoms with van der Waals surface area (Å²) in [4.78, 5) is 13.0. The number of rotatable bonds is 7. The van der Waals surface area contributed by atoms with Gasteiger partial charge in [-0.2, -0.15) is 0 Å². The molecule has 0 radical (unpaired) electrons. The number of aliphatic hydroxyl groups excluding tert-OH is 1. The molecular weight excluding hydrogens is 296 g/mol. The van der Waals surface area contributed by atoms with Crippen LogP contribution in [0.2, 0.25) is 0 Å². The minimum Gasteiger partial charge on any atom is -0.392 e. The molecule has 1 unspecified atom stereocenters. The Morgan fingerprint density at radius 3 is 2.55 bits per heavy atom. The van der Waals surface area contributed by atoms with Gasteiger partial charge < -0.3 is 15.7 Å². The van der Waals surface area contributed by atoms with Crippen molar-refractivity contribution in [2.45, 2.75) is 25.9 Å². The molecule has 0 fully saturated rings. The van der Waals surface area contributed by atoms with E-state index >= 15 is 0 Å². The zero-order valence-electron chi connectivity index (χ0n) is 12.7. The maximum absolute atomic E-state index is 11.8. The molecule has 4 nitrogen and oxygen atoms in total. The summed E-state index contributed by atoms with van der Waals surface area (Å²) in [7, 11) is 0. The van der Waals surface area contributed by atoms with Crippen LogP contribution in [-0.4, -0.2) is 24.2 Å². The summed E-state index contributed by atoms with van der Waals surface area (Å²) in [5, 5.41) is 16.8. The van der Waals surface area contributed by atoms with Gasteiger partial charge in [-0.1, -0.05) is 37.3 Å². The van der Waals surface area contributed by atoms with E-state index in [1.54, 1.807) is 11.3 Å². The van der Waals surface area contributed by atoms with Crippen molar-refractivity contribution in [3.63, 3.8) is 0 Å². The predicted molar refractivity (Wildman–Crippen MR) is 90.2 cm³/mol. The van der Waals surface area contributed by atoms with Crippen LogP contribution >= 0.6 is 11.3 Å². The first-order valence-electron chi connectivity index (χ1n) is 7.43. The number of nitrogens with one attached hydrogen (secondary N) is 2. The first kappa shape index (κ1) is 16.5. The van der Waals surface area contributed by atoms with Crippen LogP contribution < -0.4 is 10.6 Å². The van der Waals surface area contributed by atoms with Crippen LogP contribution in [0.4, 0.5) is 4.79 Å². The fourth-order valence-electron chi connectivity index (χ4n) is 2.11. The van der Waals surface area contributed by atoms with Crippen LogP contribution in [-0.2, 0) is 13.0 Å². The van der Waals surface area contributed by atoms with Gasteiger partial charge in [-0.05, 0) is 29.0 Å². The largest absolute Gasteiger partial charge is 0.392 e.